The van der Waals surface area contributed by atoms with Crippen LogP contribution in [0.25, 0.3) is 33.2 Å². The molecule has 168 valence electrons. The summed E-state index contributed by atoms with van der Waals surface area (Å²) in [5, 5.41) is 4.47. The molecule has 1 aromatic carbocycles. The summed E-state index contributed by atoms with van der Waals surface area (Å²) in [5.74, 6) is 1.18. The fraction of sp³-hybridized carbons (Fsp3) is 0.400. The van der Waals surface area contributed by atoms with Crippen LogP contribution in [0.2, 0.25) is 0 Å². The largest absolute Gasteiger partial charge is 0.351 e. The highest BCUT2D eigenvalue weighted by Gasteiger charge is 2.30. The van der Waals surface area contributed by atoms with Crippen molar-refractivity contribution in [3.63, 3.8) is 0 Å². The summed E-state index contributed by atoms with van der Waals surface area (Å²) in [6.45, 7) is 1.88. The number of amides is 1. The molecule has 2 aliphatic rings. The Balaban J connectivity index is 1.14. The van der Waals surface area contributed by atoms with Crippen LogP contribution in [0.5, 0.6) is 0 Å². The molecule has 0 radical (unpaired) electrons. The Hall–Kier alpha value is -3.55. The molecule has 1 aliphatic carbocycles. The van der Waals surface area contributed by atoms with Gasteiger partial charge >= 0.3 is 0 Å². The molecule has 4 heterocycles. The van der Waals surface area contributed by atoms with Gasteiger partial charge in [0.2, 0.25) is 11.9 Å². The standard InChI is InChI=1S/C25H27N7O/c33-24(32-11-1-2-12-32)16-3-6-18(7-4-16)30-25-29-15-20-19(14-28-23(20)31-25)17-5-8-21-22(13-17)27-10-9-26-21/h5,8-10,13-16,18H,1-4,6-7,11-12H2,(H2,28,29,30,31)/t16-,18+. The Morgan fingerprint density at radius 1 is 1.00 bits per heavy atom. The molecule has 1 aliphatic heterocycles. The number of likely N-dealkylation sites (tertiary alicyclic amines) is 1. The molecule has 1 saturated carbocycles. The van der Waals surface area contributed by atoms with Crippen LogP contribution in [0, 0.1) is 5.92 Å². The molecule has 1 amide bonds. The molecule has 0 bridgehead atoms. The van der Waals surface area contributed by atoms with Crippen LogP contribution in [0.1, 0.15) is 38.5 Å². The van der Waals surface area contributed by atoms with E-state index in [2.05, 4.69) is 30.2 Å². The third-order valence-electron chi connectivity index (χ3n) is 7.04. The lowest BCUT2D eigenvalue weighted by Crippen LogP contribution is -2.37. The SMILES string of the molecule is O=C([C@H]1CC[C@@H](Nc2ncc3c(-c4ccc5nccnc5c4)c[nH]c3n2)CC1)N1CCCC1. The molecule has 0 unspecified atom stereocenters. The second-order valence-corrected chi connectivity index (χ2v) is 9.14. The molecule has 1 saturated heterocycles. The first-order valence-corrected chi connectivity index (χ1v) is 11.9. The summed E-state index contributed by atoms with van der Waals surface area (Å²) in [7, 11) is 0. The van der Waals surface area contributed by atoms with E-state index in [0.717, 1.165) is 84.8 Å². The van der Waals surface area contributed by atoms with Gasteiger partial charge in [0.25, 0.3) is 0 Å². The van der Waals surface area contributed by atoms with E-state index < -0.39 is 0 Å². The van der Waals surface area contributed by atoms with Crippen molar-refractivity contribution in [2.45, 2.75) is 44.6 Å². The third kappa shape index (κ3) is 3.90. The Morgan fingerprint density at radius 3 is 2.61 bits per heavy atom. The van der Waals surface area contributed by atoms with Crippen LogP contribution >= 0.6 is 0 Å². The van der Waals surface area contributed by atoms with Gasteiger partial charge in [-0.15, -0.1) is 0 Å². The summed E-state index contributed by atoms with van der Waals surface area (Å²) < 4.78 is 0. The van der Waals surface area contributed by atoms with Crippen LogP contribution in [0.4, 0.5) is 5.95 Å². The number of aromatic amines is 1. The third-order valence-corrected chi connectivity index (χ3v) is 7.04. The van der Waals surface area contributed by atoms with E-state index in [-0.39, 0.29) is 5.92 Å². The number of carbonyl (C=O) groups excluding carboxylic acids is 1. The Morgan fingerprint density at radius 2 is 1.79 bits per heavy atom. The maximum atomic E-state index is 12.7. The van der Waals surface area contributed by atoms with Crippen LogP contribution < -0.4 is 5.32 Å². The van der Waals surface area contributed by atoms with Crippen molar-refractivity contribution in [3.8, 4) is 11.1 Å². The second kappa shape index (κ2) is 8.42. The zero-order valence-corrected chi connectivity index (χ0v) is 18.5. The van der Waals surface area contributed by atoms with Gasteiger partial charge in [-0.3, -0.25) is 14.8 Å². The summed E-state index contributed by atoms with van der Waals surface area (Å²) in [4.78, 5) is 36.1. The minimum atomic E-state index is 0.183. The number of rotatable bonds is 4. The van der Waals surface area contributed by atoms with E-state index >= 15 is 0 Å². The molecular weight excluding hydrogens is 414 g/mol. The Bertz CT molecular complexity index is 1300. The number of nitrogens with zero attached hydrogens (tertiary/aromatic N) is 5. The maximum Gasteiger partial charge on any atom is 0.225 e. The van der Waals surface area contributed by atoms with Gasteiger partial charge in [0.1, 0.15) is 5.65 Å². The molecule has 0 atom stereocenters. The van der Waals surface area contributed by atoms with Crippen molar-refractivity contribution in [2.75, 3.05) is 18.4 Å². The first-order valence-electron chi connectivity index (χ1n) is 11.9. The van der Waals surface area contributed by atoms with Gasteiger partial charge in [0, 0.05) is 60.8 Å². The van der Waals surface area contributed by atoms with Crippen molar-refractivity contribution < 1.29 is 4.79 Å². The number of carbonyl (C=O) groups is 1. The highest BCUT2D eigenvalue weighted by atomic mass is 16.2. The van der Waals surface area contributed by atoms with E-state index in [0.29, 0.717) is 17.9 Å². The molecular formula is C25H27N7O. The molecule has 6 rings (SSSR count). The molecule has 4 aromatic rings. The monoisotopic (exact) mass is 441 g/mol. The lowest BCUT2D eigenvalue weighted by atomic mass is 9.85. The predicted octanol–water partition coefficient (Wildman–Crippen LogP) is 4.16. The average Bonchev–Trinajstić information content (AvgIpc) is 3.54. The van der Waals surface area contributed by atoms with E-state index in [9.17, 15) is 4.79 Å². The summed E-state index contributed by atoms with van der Waals surface area (Å²) in [6, 6.07) is 6.38. The summed E-state index contributed by atoms with van der Waals surface area (Å²) in [6.07, 6.45) is 13.4. The second-order valence-electron chi connectivity index (χ2n) is 9.14. The predicted molar refractivity (Wildman–Crippen MR) is 128 cm³/mol. The van der Waals surface area contributed by atoms with E-state index in [4.69, 9.17) is 4.98 Å². The van der Waals surface area contributed by atoms with Gasteiger partial charge < -0.3 is 15.2 Å². The molecule has 2 N–H and O–H groups in total. The number of aromatic nitrogens is 5. The van der Waals surface area contributed by atoms with Crippen LogP contribution in [-0.2, 0) is 4.79 Å². The van der Waals surface area contributed by atoms with Gasteiger partial charge in [0.05, 0.1) is 11.0 Å². The molecule has 0 spiro atoms. The Labute approximate surface area is 191 Å². The van der Waals surface area contributed by atoms with Crippen molar-refractivity contribution in [2.24, 2.45) is 5.92 Å². The number of fused-ring (bicyclic) bond motifs is 2. The number of hydrogen-bond donors (Lipinski definition) is 2. The number of H-pyrrole nitrogens is 1. The van der Waals surface area contributed by atoms with Crippen molar-refractivity contribution in [3.05, 3.63) is 43.0 Å². The number of nitrogens with one attached hydrogen (secondary N) is 2. The van der Waals surface area contributed by atoms with E-state index in [1.165, 1.54) is 0 Å². The zero-order valence-electron chi connectivity index (χ0n) is 18.5. The normalized spacial score (nSPS) is 21.0. The summed E-state index contributed by atoms with van der Waals surface area (Å²) >= 11 is 0. The van der Waals surface area contributed by atoms with Crippen LogP contribution in [0.15, 0.2) is 43.0 Å². The Kier molecular flexibility index (Phi) is 5.13. The lowest BCUT2D eigenvalue weighted by Gasteiger charge is -2.30. The van der Waals surface area contributed by atoms with Gasteiger partial charge in [0.15, 0.2) is 0 Å². The summed E-state index contributed by atoms with van der Waals surface area (Å²) in [5.41, 5.74) is 4.65. The topological polar surface area (TPSA) is 99.7 Å². The zero-order chi connectivity index (χ0) is 22.2. The van der Waals surface area contributed by atoms with Crippen LogP contribution in [-0.4, -0.2) is 54.9 Å². The van der Waals surface area contributed by atoms with Crippen molar-refractivity contribution in [1.29, 1.82) is 0 Å². The number of anilines is 1. The number of benzene rings is 1. The minimum Gasteiger partial charge on any atom is -0.351 e. The van der Waals surface area contributed by atoms with E-state index in [1.807, 2.05) is 30.6 Å². The van der Waals surface area contributed by atoms with E-state index in [1.54, 1.807) is 12.4 Å². The van der Waals surface area contributed by atoms with Crippen molar-refractivity contribution >= 4 is 33.9 Å². The highest BCUT2D eigenvalue weighted by molar-refractivity contribution is 5.95. The van der Waals surface area contributed by atoms with Crippen molar-refractivity contribution in [1.82, 2.24) is 29.8 Å². The van der Waals surface area contributed by atoms with Crippen LogP contribution in [0.3, 0.4) is 0 Å². The highest BCUT2D eigenvalue weighted by Crippen LogP contribution is 2.31. The smallest absolute Gasteiger partial charge is 0.225 e. The molecule has 3 aromatic heterocycles. The maximum absolute atomic E-state index is 12.7. The molecule has 2 fully saturated rings. The first-order chi connectivity index (χ1) is 16.2. The molecule has 8 nitrogen and oxygen atoms in total. The molecule has 33 heavy (non-hydrogen) atoms. The lowest BCUT2D eigenvalue weighted by molar-refractivity contribution is -0.135. The van der Waals surface area contributed by atoms with Gasteiger partial charge in [-0.25, -0.2) is 4.98 Å². The molecule has 8 heteroatoms. The minimum absolute atomic E-state index is 0.183. The van der Waals surface area contributed by atoms with Gasteiger partial charge in [-0.2, -0.15) is 4.98 Å². The quantitative estimate of drug-likeness (QED) is 0.493. The first kappa shape index (κ1) is 20.1. The van der Waals surface area contributed by atoms with Gasteiger partial charge in [-0.1, -0.05) is 6.07 Å². The fourth-order valence-corrected chi connectivity index (χ4v) is 5.21. The van der Waals surface area contributed by atoms with Gasteiger partial charge in [-0.05, 0) is 56.2 Å². The number of hydrogen-bond acceptors (Lipinski definition) is 6. The average molecular weight is 442 g/mol. The fourth-order valence-electron chi connectivity index (χ4n) is 5.21.